The number of carbonyl (C=O) groups excluding carboxylic acids is 5. The molecule has 2 bridgehead atoms. The molecular formula is C31H40O10. The lowest BCUT2D eigenvalue weighted by atomic mass is 9.59. The second-order valence-corrected chi connectivity index (χ2v) is 12.3. The van der Waals surface area contributed by atoms with Crippen molar-refractivity contribution >= 4 is 29.7 Å². The minimum Gasteiger partial charge on any atom is -0.465 e. The van der Waals surface area contributed by atoms with Crippen LogP contribution in [0.3, 0.4) is 0 Å². The molecule has 1 spiro atoms. The van der Waals surface area contributed by atoms with Crippen molar-refractivity contribution in [2.75, 3.05) is 13.2 Å². The van der Waals surface area contributed by atoms with Gasteiger partial charge in [0.15, 0.2) is 23.6 Å². The molecule has 0 heterocycles. The summed E-state index contributed by atoms with van der Waals surface area (Å²) in [4.78, 5) is 64.0. The zero-order valence-electron chi connectivity index (χ0n) is 24.9. The summed E-state index contributed by atoms with van der Waals surface area (Å²) in [5, 5.41) is 12.9. The average molecular weight is 573 g/mol. The molecule has 41 heavy (non-hydrogen) atoms. The van der Waals surface area contributed by atoms with Crippen molar-refractivity contribution in [3.63, 3.8) is 0 Å². The lowest BCUT2D eigenvalue weighted by Gasteiger charge is -2.49. The van der Waals surface area contributed by atoms with Gasteiger partial charge in [0, 0.05) is 43.3 Å². The molecule has 9 atom stereocenters. The van der Waals surface area contributed by atoms with Crippen molar-refractivity contribution in [2.24, 2.45) is 34.5 Å². The van der Waals surface area contributed by atoms with Crippen molar-refractivity contribution < 1.29 is 48.0 Å². The lowest BCUT2D eigenvalue weighted by molar-refractivity contribution is -0.211. The van der Waals surface area contributed by atoms with Crippen LogP contribution < -0.4 is 0 Å². The molecule has 10 nitrogen and oxygen atoms in total. The molecule has 0 amide bonds. The van der Waals surface area contributed by atoms with Gasteiger partial charge in [-0.3, -0.25) is 19.2 Å². The van der Waals surface area contributed by atoms with E-state index >= 15 is 0 Å². The summed E-state index contributed by atoms with van der Waals surface area (Å²) in [6.45, 7) is 12.3. The first-order valence-corrected chi connectivity index (χ1v) is 14.0. The molecule has 10 heteroatoms. The molecule has 0 aliphatic heterocycles. The van der Waals surface area contributed by atoms with Crippen LogP contribution in [0.4, 0.5) is 0 Å². The molecular weight excluding hydrogens is 532 g/mol. The van der Waals surface area contributed by atoms with Gasteiger partial charge in [0.25, 0.3) is 0 Å². The SMILES string of the molecule is C/C=C(/C)C(=O)O[C@H]1C(C)=C[C@]23C(=O)[C@@H](C=C(COC(C)=O)[C@@H](OC(C)=O)[C@]12O)[C@H]1[C@@H](C[C@H]3C)C1(C)COC(C)=O. The van der Waals surface area contributed by atoms with Gasteiger partial charge in [-0.2, -0.15) is 0 Å². The van der Waals surface area contributed by atoms with Gasteiger partial charge in [-0.05, 0) is 50.5 Å². The first-order chi connectivity index (χ1) is 19.1. The number of allylic oxidation sites excluding steroid dienone is 2. The Bertz CT molecular complexity index is 1280. The highest BCUT2D eigenvalue weighted by molar-refractivity contribution is 5.96. The minimum absolute atomic E-state index is 0.0218. The molecule has 224 valence electrons. The van der Waals surface area contributed by atoms with Crippen LogP contribution in [0.2, 0.25) is 0 Å². The van der Waals surface area contributed by atoms with Gasteiger partial charge >= 0.3 is 23.9 Å². The lowest BCUT2D eigenvalue weighted by Crippen LogP contribution is -2.66. The number of ether oxygens (including phenoxy) is 4. The molecule has 4 rings (SSSR count). The normalized spacial score (nSPS) is 39.1. The Kier molecular flexibility index (Phi) is 7.88. The van der Waals surface area contributed by atoms with Crippen molar-refractivity contribution in [2.45, 2.75) is 79.6 Å². The van der Waals surface area contributed by atoms with E-state index in [1.807, 2.05) is 13.8 Å². The van der Waals surface area contributed by atoms with Crippen LogP contribution in [0.25, 0.3) is 0 Å². The number of esters is 4. The Labute approximate surface area is 240 Å². The van der Waals surface area contributed by atoms with Crippen LogP contribution in [-0.2, 0) is 42.9 Å². The predicted molar refractivity (Wildman–Crippen MR) is 145 cm³/mol. The number of ketones is 1. The van der Waals surface area contributed by atoms with Gasteiger partial charge in [0.05, 0.1) is 12.0 Å². The third-order valence-corrected chi connectivity index (χ3v) is 9.77. The highest BCUT2D eigenvalue weighted by atomic mass is 16.6. The maximum Gasteiger partial charge on any atom is 0.334 e. The summed E-state index contributed by atoms with van der Waals surface area (Å²) in [5.41, 5.74) is -3.35. The third kappa shape index (κ3) is 4.64. The van der Waals surface area contributed by atoms with Crippen molar-refractivity contribution in [3.05, 3.63) is 34.9 Å². The molecule has 2 fully saturated rings. The molecule has 2 saturated carbocycles. The van der Waals surface area contributed by atoms with Crippen molar-refractivity contribution in [1.29, 1.82) is 0 Å². The number of hydrogen-bond donors (Lipinski definition) is 1. The molecule has 4 aliphatic carbocycles. The summed E-state index contributed by atoms with van der Waals surface area (Å²) < 4.78 is 22.4. The van der Waals surface area contributed by atoms with Crippen LogP contribution in [0.15, 0.2) is 34.9 Å². The zero-order chi connectivity index (χ0) is 30.7. The monoisotopic (exact) mass is 572 g/mol. The standard InChI is InChI=1S/C31H40O10/c1-9-15(2)28(36)41-26-16(3)12-30-17(4)10-23-24(29(23,8)14-39-19(6)33)22(25(30)35)11-21(13-38-18(5)32)27(31(26,30)37)40-20(7)34/h9,11-12,17,22-24,26-27,37H,10,13-14H2,1-8H3/b15-9-/t17-,22+,23-,24+,26+,27-,29?,30+,31-/m1/s1. The first-order valence-electron chi connectivity index (χ1n) is 14.0. The van der Waals surface area contributed by atoms with E-state index in [0.29, 0.717) is 17.6 Å². The van der Waals surface area contributed by atoms with Gasteiger partial charge in [-0.25, -0.2) is 4.79 Å². The number of carbonyl (C=O) groups is 5. The molecule has 4 aliphatic rings. The van der Waals surface area contributed by atoms with Gasteiger partial charge in [0.1, 0.15) is 6.61 Å². The zero-order valence-corrected chi connectivity index (χ0v) is 24.9. The average Bonchev–Trinajstić information content (AvgIpc) is 3.43. The van der Waals surface area contributed by atoms with Gasteiger partial charge in [0.2, 0.25) is 0 Å². The smallest absolute Gasteiger partial charge is 0.334 e. The number of hydrogen-bond acceptors (Lipinski definition) is 10. The van der Waals surface area contributed by atoms with E-state index in [2.05, 4.69) is 0 Å². The fourth-order valence-electron chi connectivity index (χ4n) is 7.68. The van der Waals surface area contributed by atoms with E-state index in [0.717, 1.165) is 0 Å². The molecule has 0 aromatic heterocycles. The maximum absolute atomic E-state index is 14.9. The molecule has 1 N–H and O–H groups in total. The van der Waals surface area contributed by atoms with E-state index in [-0.39, 0.29) is 36.4 Å². The molecule has 0 radical (unpaired) electrons. The Morgan fingerprint density at radius 2 is 1.66 bits per heavy atom. The van der Waals surface area contributed by atoms with Gasteiger partial charge in [-0.15, -0.1) is 0 Å². The second kappa shape index (κ2) is 10.5. The largest absolute Gasteiger partial charge is 0.465 e. The van der Waals surface area contributed by atoms with E-state index in [9.17, 15) is 29.1 Å². The maximum atomic E-state index is 14.9. The van der Waals surface area contributed by atoms with Gasteiger partial charge < -0.3 is 24.1 Å². The highest BCUT2D eigenvalue weighted by Gasteiger charge is 2.78. The number of Topliss-reactive ketones (excluding diaryl/α,β-unsaturated/α-hetero) is 1. The molecule has 1 unspecified atom stereocenters. The van der Waals surface area contributed by atoms with Crippen molar-refractivity contribution in [1.82, 2.24) is 0 Å². The summed E-state index contributed by atoms with van der Waals surface area (Å²) in [6, 6.07) is 0. The topological polar surface area (TPSA) is 143 Å². The van der Waals surface area contributed by atoms with E-state index < -0.39 is 64.4 Å². The number of rotatable bonds is 7. The summed E-state index contributed by atoms with van der Waals surface area (Å²) in [7, 11) is 0. The fraction of sp³-hybridized carbons (Fsp3) is 0.645. The van der Waals surface area contributed by atoms with Crippen LogP contribution in [0.5, 0.6) is 0 Å². The Morgan fingerprint density at radius 1 is 1.02 bits per heavy atom. The Balaban J connectivity index is 1.95. The molecule has 0 saturated heterocycles. The van der Waals surface area contributed by atoms with E-state index in [1.165, 1.54) is 20.8 Å². The Hall–Kier alpha value is -3.27. The summed E-state index contributed by atoms with van der Waals surface area (Å²) in [6.07, 6.45) is 2.61. The van der Waals surface area contributed by atoms with Crippen LogP contribution >= 0.6 is 0 Å². The van der Waals surface area contributed by atoms with Crippen LogP contribution in [0, 0.1) is 34.5 Å². The predicted octanol–water partition coefficient (Wildman–Crippen LogP) is 3.02. The second-order valence-electron chi connectivity index (χ2n) is 12.3. The van der Waals surface area contributed by atoms with Crippen LogP contribution in [0.1, 0.15) is 61.8 Å². The number of fused-ring (bicyclic) bond motifs is 3. The highest BCUT2D eigenvalue weighted by Crippen LogP contribution is 2.72. The van der Waals surface area contributed by atoms with Gasteiger partial charge in [-0.1, -0.05) is 32.1 Å². The number of aliphatic hydroxyl groups is 1. The molecule has 0 aromatic rings. The first kappa shape index (κ1) is 30.7. The minimum atomic E-state index is -2.23. The Morgan fingerprint density at radius 3 is 2.22 bits per heavy atom. The van der Waals surface area contributed by atoms with Crippen molar-refractivity contribution in [3.8, 4) is 0 Å². The van der Waals surface area contributed by atoms with E-state index in [1.54, 1.807) is 39.0 Å². The summed E-state index contributed by atoms with van der Waals surface area (Å²) in [5.74, 6) is -4.28. The fourth-order valence-corrected chi connectivity index (χ4v) is 7.68. The van der Waals surface area contributed by atoms with Crippen LogP contribution in [-0.4, -0.2) is 65.8 Å². The third-order valence-electron chi connectivity index (χ3n) is 9.77. The van der Waals surface area contributed by atoms with E-state index in [4.69, 9.17) is 18.9 Å². The quantitative estimate of drug-likeness (QED) is 0.209. The summed E-state index contributed by atoms with van der Waals surface area (Å²) >= 11 is 0. The molecule has 0 aromatic carbocycles.